The molecule has 0 amide bonds. The van der Waals surface area contributed by atoms with Gasteiger partial charge in [0.15, 0.2) is 0 Å². The molecule has 11 heavy (non-hydrogen) atoms. The molecule has 2 N–H and O–H groups in total. The van der Waals surface area contributed by atoms with Crippen molar-refractivity contribution < 1.29 is 15.0 Å². The molecule has 0 spiro atoms. The lowest BCUT2D eigenvalue weighted by Crippen LogP contribution is -1.97. The molecule has 0 bridgehead atoms. The first-order chi connectivity index (χ1) is 5.11. The quantitative estimate of drug-likeness (QED) is 0.695. The van der Waals surface area contributed by atoms with Gasteiger partial charge in [0.05, 0.1) is 6.20 Å². The summed E-state index contributed by atoms with van der Waals surface area (Å²) < 4.78 is 0.382. The third kappa shape index (κ3) is 1.68. The van der Waals surface area contributed by atoms with Crippen LogP contribution in [0.15, 0.2) is 16.9 Å². The number of aromatic hydroxyl groups is 1. The van der Waals surface area contributed by atoms with Crippen molar-refractivity contribution in [2.45, 2.75) is 0 Å². The molecule has 0 aliphatic carbocycles. The minimum atomic E-state index is -1.18. The second-order valence-corrected chi connectivity index (χ2v) is 2.64. The number of pyridine rings is 1. The molecule has 58 valence electrons. The van der Waals surface area contributed by atoms with Crippen LogP contribution in [-0.4, -0.2) is 21.2 Å². The molecule has 1 aromatic rings. The predicted molar refractivity (Wildman–Crippen MR) is 40.6 cm³/mol. The van der Waals surface area contributed by atoms with Crippen molar-refractivity contribution >= 4 is 21.9 Å². The smallest absolute Gasteiger partial charge is 0.339 e. The van der Waals surface area contributed by atoms with Gasteiger partial charge in [0, 0.05) is 0 Å². The van der Waals surface area contributed by atoms with E-state index in [4.69, 9.17) is 10.2 Å². The molecule has 5 heteroatoms. The highest BCUT2D eigenvalue weighted by molar-refractivity contribution is 9.10. The third-order valence-electron chi connectivity index (χ3n) is 1.08. The molecular weight excluding hydrogens is 214 g/mol. The molecule has 0 saturated heterocycles. The number of hydrogen-bond acceptors (Lipinski definition) is 3. The van der Waals surface area contributed by atoms with E-state index in [9.17, 15) is 4.79 Å². The van der Waals surface area contributed by atoms with Gasteiger partial charge in [-0.05, 0) is 22.0 Å². The van der Waals surface area contributed by atoms with E-state index in [1.807, 2.05) is 0 Å². The molecule has 0 aliphatic heterocycles. The Bertz CT molecular complexity index is 300. The molecule has 1 heterocycles. The number of aromatic carboxylic acids is 1. The maximum atomic E-state index is 10.4. The van der Waals surface area contributed by atoms with E-state index in [0.717, 1.165) is 6.20 Å². The summed E-state index contributed by atoms with van der Waals surface area (Å²) in [6.45, 7) is 0. The second kappa shape index (κ2) is 2.87. The van der Waals surface area contributed by atoms with Crippen molar-refractivity contribution in [1.29, 1.82) is 0 Å². The lowest BCUT2D eigenvalue weighted by atomic mass is 10.2. The van der Waals surface area contributed by atoms with Gasteiger partial charge in [0.25, 0.3) is 0 Å². The van der Waals surface area contributed by atoms with Gasteiger partial charge in [-0.15, -0.1) is 0 Å². The normalized spacial score (nSPS) is 9.55. The predicted octanol–water partition coefficient (Wildman–Crippen LogP) is 1.25. The Morgan fingerprint density at radius 2 is 2.27 bits per heavy atom. The van der Waals surface area contributed by atoms with Crippen molar-refractivity contribution in [3.05, 3.63) is 22.4 Å². The largest absolute Gasteiger partial charge is 0.505 e. The summed E-state index contributed by atoms with van der Waals surface area (Å²) in [5.74, 6) is -1.51. The summed E-state index contributed by atoms with van der Waals surface area (Å²) >= 11 is 2.98. The SMILES string of the molecule is O=C(O)c1cc(Br)ncc1O. The Balaban J connectivity index is 3.23. The first kappa shape index (κ1) is 8.00. The zero-order valence-corrected chi connectivity index (χ0v) is 6.87. The van der Waals surface area contributed by atoms with Gasteiger partial charge in [0.2, 0.25) is 0 Å². The van der Waals surface area contributed by atoms with Crippen LogP contribution in [0.2, 0.25) is 0 Å². The van der Waals surface area contributed by atoms with Crippen LogP contribution < -0.4 is 0 Å². The van der Waals surface area contributed by atoms with Crippen molar-refractivity contribution in [3.8, 4) is 5.75 Å². The van der Waals surface area contributed by atoms with Gasteiger partial charge in [-0.3, -0.25) is 0 Å². The maximum Gasteiger partial charge on any atom is 0.339 e. The van der Waals surface area contributed by atoms with Gasteiger partial charge in [0.1, 0.15) is 15.9 Å². The van der Waals surface area contributed by atoms with Crippen molar-refractivity contribution in [3.63, 3.8) is 0 Å². The zero-order valence-electron chi connectivity index (χ0n) is 5.28. The fourth-order valence-corrected chi connectivity index (χ4v) is 0.925. The van der Waals surface area contributed by atoms with E-state index in [-0.39, 0.29) is 11.3 Å². The third-order valence-corrected chi connectivity index (χ3v) is 1.51. The van der Waals surface area contributed by atoms with Crippen molar-refractivity contribution in [2.75, 3.05) is 0 Å². The fraction of sp³-hybridized carbons (Fsp3) is 0. The van der Waals surface area contributed by atoms with Crippen molar-refractivity contribution in [2.24, 2.45) is 0 Å². The topological polar surface area (TPSA) is 70.4 Å². The lowest BCUT2D eigenvalue weighted by Gasteiger charge is -1.97. The van der Waals surface area contributed by atoms with Crippen LogP contribution in [0.3, 0.4) is 0 Å². The van der Waals surface area contributed by atoms with Crippen LogP contribution >= 0.6 is 15.9 Å². The number of halogens is 1. The summed E-state index contributed by atoms with van der Waals surface area (Å²) in [7, 11) is 0. The Labute approximate surface area is 70.6 Å². The summed E-state index contributed by atoms with van der Waals surface area (Å²) in [4.78, 5) is 14.0. The van der Waals surface area contributed by atoms with E-state index in [0.29, 0.717) is 4.60 Å². The molecule has 1 aromatic heterocycles. The van der Waals surface area contributed by atoms with Crippen LogP contribution in [0.4, 0.5) is 0 Å². The van der Waals surface area contributed by atoms with Crippen LogP contribution in [0, 0.1) is 0 Å². The van der Waals surface area contributed by atoms with Gasteiger partial charge < -0.3 is 10.2 Å². The van der Waals surface area contributed by atoms with E-state index >= 15 is 0 Å². The van der Waals surface area contributed by atoms with Crippen molar-refractivity contribution in [1.82, 2.24) is 4.98 Å². The van der Waals surface area contributed by atoms with Gasteiger partial charge in [-0.25, -0.2) is 9.78 Å². The zero-order chi connectivity index (χ0) is 8.43. The van der Waals surface area contributed by atoms with Gasteiger partial charge in [-0.2, -0.15) is 0 Å². The molecule has 4 nitrogen and oxygen atoms in total. The Morgan fingerprint density at radius 1 is 1.64 bits per heavy atom. The Hall–Kier alpha value is -1.10. The van der Waals surface area contributed by atoms with E-state index in [2.05, 4.69) is 20.9 Å². The summed E-state index contributed by atoms with van der Waals surface area (Å²) in [6.07, 6.45) is 1.08. The number of nitrogens with zero attached hydrogens (tertiary/aromatic N) is 1. The number of carboxylic acids is 1. The minimum absolute atomic E-state index is 0.160. The molecule has 1 rings (SSSR count). The summed E-state index contributed by atoms with van der Waals surface area (Å²) in [5, 5.41) is 17.4. The van der Waals surface area contributed by atoms with Crippen LogP contribution in [0.25, 0.3) is 0 Å². The second-order valence-electron chi connectivity index (χ2n) is 1.83. The maximum absolute atomic E-state index is 10.4. The summed E-state index contributed by atoms with van der Waals surface area (Å²) in [6, 6.07) is 1.23. The van der Waals surface area contributed by atoms with Crippen LogP contribution in [-0.2, 0) is 0 Å². The van der Waals surface area contributed by atoms with Crippen LogP contribution in [0.5, 0.6) is 5.75 Å². The van der Waals surface area contributed by atoms with E-state index in [1.54, 1.807) is 0 Å². The molecule has 0 atom stereocenters. The standard InChI is InChI=1S/C6H4BrNO3/c7-5-1-3(6(10)11)4(9)2-8-5/h1-2,9H,(H,10,11). The highest BCUT2D eigenvalue weighted by Gasteiger charge is 2.09. The Kier molecular flexibility index (Phi) is 2.09. The first-order valence-electron chi connectivity index (χ1n) is 2.69. The Morgan fingerprint density at radius 3 is 2.73 bits per heavy atom. The molecule has 0 radical (unpaired) electrons. The minimum Gasteiger partial charge on any atom is -0.505 e. The highest BCUT2D eigenvalue weighted by Crippen LogP contribution is 2.18. The monoisotopic (exact) mass is 217 g/mol. The van der Waals surface area contributed by atoms with Gasteiger partial charge >= 0.3 is 5.97 Å². The van der Waals surface area contributed by atoms with Gasteiger partial charge in [-0.1, -0.05) is 0 Å². The lowest BCUT2D eigenvalue weighted by molar-refractivity contribution is 0.0693. The fourth-order valence-electron chi connectivity index (χ4n) is 0.594. The first-order valence-corrected chi connectivity index (χ1v) is 3.48. The molecular formula is C6H4BrNO3. The number of rotatable bonds is 1. The average molecular weight is 218 g/mol. The summed E-state index contributed by atoms with van der Waals surface area (Å²) in [5.41, 5.74) is -0.160. The molecule has 0 fully saturated rings. The molecule has 0 unspecified atom stereocenters. The number of carbonyl (C=O) groups is 1. The molecule has 0 aromatic carbocycles. The number of carboxylic acid groups (broad SMARTS) is 1. The van der Waals surface area contributed by atoms with E-state index in [1.165, 1.54) is 6.07 Å². The molecule has 0 saturated carbocycles. The number of hydrogen-bond donors (Lipinski definition) is 2. The average Bonchev–Trinajstić information content (AvgIpc) is 1.94. The van der Waals surface area contributed by atoms with E-state index < -0.39 is 5.97 Å². The molecule has 0 aliphatic rings. The highest BCUT2D eigenvalue weighted by atomic mass is 79.9. The van der Waals surface area contributed by atoms with Crippen LogP contribution in [0.1, 0.15) is 10.4 Å². The number of aromatic nitrogens is 1.